The van der Waals surface area contributed by atoms with Gasteiger partial charge in [0.2, 0.25) is 0 Å². The Morgan fingerprint density at radius 1 is 1.62 bits per heavy atom. The van der Waals surface area contributed by atoms with E-state index in [4.69, 9.17) is 10.0 Å². The highest BCUT2D eigenvalue weighted by atomic mass is 16.4. The second-order valence-corrected chi connectivity index (χ2v) is 1.55. The lowest BCUT2D eigenvalue weighted by atomic mass is 9.86. The average Bonchev–Trinajstić information content (AvgIpc) is 2.12. The summed E-state index contributed by atoms with van der Waals surface area (Å²) in [5, 5.41) is 16.9. The van der Waals surface area contributed by atoms with Gasteiger partial charge in [-0.2, -0.15) is 0 Å². The van der Waals surface area contributed by atoms with Gasteiger partial charge in [-0.1, -0.05) is 6.08 Å². The molecule has 0 aliphatic carbocycles. The number of hydrogen-bond donors (Lipinski definition) is 2. The summed E-state index contributed by atoms with van der Waals surface area (Å²) in [5.74, 6) is 0. The van der Waals surface area contributed by atoms with Crippen LogP contribution in [0.5, 0.6) is 0 Å². The Morgan fingerprint density at radius 2 is 2.38 bits per heavy atom. The number of rotatable bonds is 1. The third kappa shape index (κ3) is 0.964. The van der Waals surface area contributed by atoms with Gasteiger partial charge in [-0.3, -0.25) is 4.99 Å². The molecule has 0 saturated carbocycles. The molecule has 0 aromatic carbocycles. The highest BCUT2D eigenvalue weighted by molar-refractivity contribution is 6.51. The molecule has 1 rings (SSSR count). The van der Waals surface area contributed by atoms with Crippen molar-refractivity contribution in [3.8, 4) is 0 Å². The van der Waals surface area contributed by atoms with Crippen molar-refractivity contribution in [2.24, 2.45) is 4.99 Å². The molecule has 0 aromatic rings. The Morgan fingerprint density at radius 3 is 2.62 bits per heavy atom. The second-order valence-electron chi connectivity index (χ2n) is 1.55. The molecule has 0 atom stereocenters. The van der Waals surface area contributed by atoms with Crippen LogP contribution in [0.2, 0.25) is 0 Å². The first-order valence-electron chi connectivity index (χ1n) is 2.39. The molecule has 1 heterocycles. The monoisotopic (exact) mass is 111 g/mol. The zero-order valence-corrected chi connectivity index (χ0v) is 4.28. The Hall–Kier alpha value is -0.605. The molecule has 0 bridgehead atoms. The minimum atomic E-state index is -1.39. The molecule has 1 aliphatic heterocycles. The molecule has 4 heteroatoms. The minimum absolute atomic E-state index is 0.352. The van der Waals surface area contributed by atoms with Crippen LogP contribution in [-0.4, -0.2) is 23.4 Å². The van der Waals surface area contributed by atoms with Crippen LogP contribution < -0.4 is 0 Å². The first kappa shape index (κ1) is 5.53. The molecule has 0 fully saturated rings. The van der Waals surface area contributed by atoms with Gasteiger partial charge in [0.05, 0.1) is 5.60 Å². The van der Waals surface area contributed by atoms with Crippen molar-refractivity contribution in [3.63, 3.8) is 0 Å². The fourth-order valence-electron chi connectivity index (χ4n) is 0.556. The zero-order chi connectivity index (χ0) is 5.98. The van der Waals surface area contributed by atoms with Crippen LogP contribution in [0, 0.1) is 0 Å². The molecule has 0 spiro atoms. The van der Waals surface area contributed by atoms with Crippen molar-refractivity contribution in [1.82, 2.24) is 0 Å². The van der Waals surface area contributed by atoms with Crippen molar-refractivity contribution in [2.75, 3.05) is 0 Å². The van der Waals surface area contributed by atoms with Crippen LogP contribution >= 0.6 is 0 Å². The van der Waals surface area contributed by atoms with Crippen molar-refractivity contribution >= 4 is 13.3 Å². The average molecular weight is 111 g/mol. The summed E-state index contributed by atoms with van der Waals surface area (Å²) in [6, 6.07) is 0. The predicted octanol–water partition coefficient (Wildman–Crippen LogP) is -0.643. The highest BCUT2D eigenvalue weighted by Gasteiger charge is 2.14. The van der Waals surface area contributed by atoms with E-state index in [0.29, 0.717) is 12.0 Å². The van der Waals surface area contributed by atoms with Gasteiger partial charge in [0.1, 0.15) is 0 Å². The second kappa shape index (κ2) is 2.11. The number of nitrogens with zero attached hydrogens (tertiary/aromatic N) is 1. The van der Waals surface area contributed by atoms with Crippen molar-refractivity contribution in [3.05, 3.63) is 11.7 Å². The maximum absolute atomic E-state index is 8.43. The van der Waals surface area contributed by atoms with Crippen LogP contribution in [0.4, 0.5) is 0 Å². The minimum Gasteiger partial charge on any atom is -0.422 e. The van der Waals surface area contributed by atoms with Gasteiger partial charge < -0.3 is 10.0 Å². The van der Waals surface area contributed by atoms with Crippen LogP contribution in [0.15, 0.2) is 16.7 Å². The lowest BCUT2D eigenvalue weighted by Gasteiger charge is -1.90. The number of aliphatic imine (C=N–C) groups is 1. The molecule has 2 N–H and O–H groups in total. The first-order valence-corrected chi connectivity index (χ1v) is 2.39. The number of hydrogen-bond acceptors (Lipinski definition) is 3. The SMILES string of the molecule is OB(O)C1=CCC=N1. The topological polar surface area (TPSA) is 52.8 Å². The van der Waals surface area contributed by atoms with Gasteiger partial charge in [-0.25, -0.2) is 0 Å². The van der Waals surface area contributed by atoms with E-state index in [1.165, 1.54) is 0 Å². The predicted molar refractivity (Wildman–Crippen MR) is 31.4 cm³/mol. The van der Waals surface area contributed by atoms with E-state index >= 15 is 0 Å². The van der Waals surface area contributed by atoms with Gasteiger partial charge in [-0.15, -0.1) is 0 Å². The third-order valence-electron chi connectivity index (χ3n) is 0.937. The van der Waals surface area contributed by atoms with Crippen LogP contribution in [-0.2, 0) is 0 Å². The van der Waals surface area contributed by atoms with Gasteiger partial charge in [0.25, 0.3) is 0 Å². The third-order valence-corrected chi connectivity index (χ3v) is 0.937. The highest BCUT2D eigenvalue weighted by Crippen LogP contribution is 2.04. The molecule has 0 saturated heterocycles. The van der Waals surface area contributed by atoms with E-state index in [1.54, 1.807) is 12.3 Å². The Kier molecular flexibility index (Phi) is 1.46. The van der Waals surface area contributed by atoms with Crippen molar-refractivity contribution < 1.29 is 10.0 Å². The maximum atomic E-state index is 8.43. The normalized spacial score (nSPS) is 16.5. The number of allylic oxidation sites excluding steroid dienone is 1. The van der Waals surface area contributed by atoms with E-state index in [0.717, 1.165) is 0 Å². The van der Waals surface area contributed by atoms with Crippen molar-refractivity contribution in [1.29, 1.82) is 0 Å². The Bertz CT molecular complexity index is 141. The van der Waals surface area contributed by atoms with Crippen LogP contribution in [0.1, 0.15) is 6.42 Å². The van der Waals surface area contributed by atoms with E-state index in [1.807, 2.05) is 0 Å². The fourth-order valence-corrected chi connectivity index (χ4v) is 0.556. The largest absolute Gasteiger partial charge is 0.507 e. The van der Waals surface area contributed by atoms with Crippen LogP contribution in [0.25, 0.3) is 0 Å². The van der Waals surface area contributed by atoms with E-state index in [9.17, 15) is 0 Å². The first-order chi connectivity index (χ1) is 3.80. The summed E-state index contributed by atoms with van der Waals surface area (Å²) < 4.78 is 0. The fraction of sp³-hybridized carbons (Fsp3) is 0.250. The molecule has 8 heavy (non-hydrogen) atoms. The molecular formula is C4H6BNO2. The lowest BCUT2D eigenvalue weighted by molar-refractivity contribution is 0.418. The molecule has 42 valence electrons. The Balaban J connectivity index is 2.58. The van der Waals surface area contributed by atoms with Gasteiger partial charge in [-0.05, 0) is 0 Å². The summed E-state index contributed by atoms with van der Waals surface area (Å²) in [6.45, 7) is 0. The molecule has 3 nitrogen and oxygen atoms in total. The van der Waals surface area contributed by atoms with Gasteiger partial charge in [0, 0.05) is 12.6 Å². The van der Waals surface area contributed by atoms with Gasteiger partial charge in [0.15, 0.2) is 0 Å². The molecule has 1 aliphatic rings. The standard InChI is InChI=1S/C4H6BNO2/c7-5(8)4-2-1-3-6-4/h2-3,7-8H,1H2. The van der Waals surface area contributed by atoms with E-state index in [2.05, 4.69) is 4.99 Å². The zero-order valence-electron chi connectivity index (χ0n) is 4.28. The van der Waals surface area contributed by atoms with Crippen molar-refractivity contribution in [2.45, 2.75) is 6.42 Å². The molecule has 0 aromatic heterocycles. The maximum Gasteiger partial charge on any atom is 0.507 e. The summed E-state index contributed by atoms with van der Waals surface area (Å²) in [5.41, 5.74) is 0.352. The Labute approximate surface area is 47.5 Å². The van der Waals surface area contributed by atoms with Gasteiger partial charge >= 0.3 is 7.12 Å². The molecule has 0 unspecified atom stereocenters. The molecule has 0 amide bonds. The summed E-state index contributed by atoms with van der Waals surface area (Å²) in [4.78, 5) is 3.67. The summed E-state index contributed by atoms with van der Waals surface area (Å²) in [7, 11) is -1.39. The van der Waals surface area contributed by atoms with Crippen LogP contribution in [0.3, 0.4) is 0 Å². The summed E-state index contributed by atoms with van der Waals surface area (Å²) in [6.07, 6.45) is 4.02. The summed E-state index contributed by atoms with van der Waals surface area (Å²) >= 11 is 0. The lowest BCUT2D eigenvalue weighted by Crippen LogP contribution is -2.12. The molecular weight excluding hydrogens is 105 g/mol. The van der Waals surface area contributed by atoms with E-state index < -0.39 is 7.12 Å². The quantitative estimate of drug-likeness (QED) is 0.442. The van der Waals surface area contributed by atoms with E-state index in [-0.39, 0.29) is 0 Å². The molecule has 0 radical (unpaired) electrons. The smallest absolute Gasteiger partial charge is 0.422 e.